The van der Waals surface area contributed by atoms with Gasteiger partial charge < -0.3 is 10.2 Å². The number of urea groups is 1. The number of rotatable bonds is 5. The minimum atomic E-state index is -0.343. The third kappa shape index (κ3) is 2.81. The zero-order valence-electron chi connectivity index (χ0n) is 12.3. The second-order valence-corrected chi connectivity index (χ2v) is 5.64. The van der Waals surface area contributed by atoms with E-state index in [0.717, 1.165) is 23.3 Å². The number of hydrogen-bond donors (Lipinski definition) is 1. The lowest BCUT2D eigenvalue weighted by atomic mass is 10.1. The van der Waals surface area contributed by atoms with E-state index in [2.05, 4.69) is 5.32 Å². The van der Waals surface area contributed by atoms with Crippen molar-refractivity contribution >= 4 is 17.8 Å². The van der Waals surface area contributed by atoms with Gasteiger partial charge >= 0.3 is 6.03 Å². The van der Waals surface area contributed by atoms with E-state index < -0.39 is 0 Å². The van der Waals surface area contributed by atoms with Crippen LogP contribution in [-0.2, 0) is 16.0 Å². The van der Waals surface area contributed by atoms with Crippen molar-refractivity contribution in [1.82, 2.24) is 15.1 Å². The maximum absolute atomic E-state index is 12.1. The molecule has 1 aromatic carbocycles. The van der Waals surface area contributed by atoms with E-state index in [1.807, 2.05) is 30.3 Å². The molecule has 2 heterocycles. The molecule has 2 saturated heterocycles. The highest BCUT2D eigenvalue weighted by atomic mass is 16.2. The van der Waals surface area contributed by atoms with E-state index in [-0.39, 0.29) is 30.4 Å². The predicted octanol–water partition coefficient (Wildman–Crippen LogP) is 0.772. The van der Waals surface area contributed by atoms with Crippen molar-refractivity contribution in [2.45, 2.75) is 25.3 Å². The van der Waals surface area contributed by atoms with Crippen molar-refractivity contribution in [3.05, 3.63) is 35.9 Å². The number of nitrogens with zero attached hydrogens (tertiary/aromatic N) is 2. The number of benzene rings is 1. The summed E-state index contributed by atoms with van der Waals surface area (Å²) >= 11 is 0. The van der Waals surface area contributed by atoms with E-state index >= 15 is 0 Å². The Bertz CT molecular complexity index is 566. The third-order valence-corrected chi connectivity index (χ3v) is 4.16. The van der Waals surface area contributed by atoms with Crippen LogP contribution in [0.2, 0.25) is 0 Å². The van der Waals surface area contributed by atoms with E-state index in [9.17, 15) is 14.4 Å². The fraction of sp³-hybridized carbons (Fsp3) is 0.438. The zero-order valence-corrected chi connectivity index (χ0v) is 12.3. The molecule has 4 amide bonds. The summed E-state index contributed by atoms with van der Waals surface area (Å²) in [6.45, 7) is 0.924. The molecule has 6 nitrogen and oxygen atoms in total. The van der Waals surface area contributed by atoms with Gasteiger partial charge in [-0.2, -0.15) is 0 Å². The number of hydrogen-bond acceptors (Lipinski definition) is 3. The first-order valence-electron chi connectivity index (χ1n) is 7.59. The molecule has 3 rings (SSSR count). The van der Waals surface area contributed by atoms with Crippen LogP contribution >= 0.6 is 0 Å². The summed E-state index contributed by atoms with van der Waals surface area (Å²) in [4.78, 5) is 38.8. The van der Waals surface area contributed by atoms with Crippen molar-refractivity contribution in [3.8, 4) is 0 Å². The summed E-state index contributed by atoms with van der Waals surface area (Å²) in [6, 6.07) is 9.16. The van der Waals surface area contributed by atoms with Gasteiger partial charge in [-0.05, 0) is 24.8 Å². The van der Waals surface area contributed by atoms with Gasteiger partial charge in [-0.1, -0.05) is 30.3 Å². The SMILES string of the molecule is O=C(CN1C(=O)C2CCCN2C1=O)NCCc1ccccc1. The van der Waals surface area contributed by atoms with Crippen LogP contribution in [0.15, 0.2) is 30.3 Å². The average molecular weight is 301 g/mol. The highest BCUT2D eigenvalue weighted by Crippen LogP contribution is 2.26. The Morgan fingerprint density at radius 3 is 2.73 bits per heavy atom. The molecule has 2 aliphatic heterocycles. The Balaban J connectivity index is 1.48. The molecule has 1 N–H and O–H groups in total. The highest BCUT2D eigenvalue weighted by Gasteiger charge is 2.47. The second kappa shape index (κ2) is 6.17. The van der Waals surface area contributed by atoms with Crippen LogP contribution in [0, 0.1) is 0 Å². The normalized spacial score (nSPS) is 20.5. The minimum absolute atomic E-state index is 0.181. The standard InChI is InChI=1S/C16H19N3O3/c20-14(17-9-8-12-5-2-1-3-6-12)11-19-15(21)13-7-4-10-18(13)16(19)22/h1-3,5-6,13H,4,7-11H2,(H,17,20). The fourth-order valence-corrected chi connectivity index (χ4v) is 3.02. The van der Waals surface area contributed by atoms with Gasteiger partial charge in [-0.15, -0.1) is 0 Å². The molecular formula is C16H19N3O3. The molecule has 0 aromatic heterocycles. The first kappa shape index (κ1) is 14.6. The second-order valence-electron chi connectivity index (χ2n) is 5.64. The van der Waals surface area contributed by atoms with E-state index in [1.165, 1.54) is 0 Å². The van der Waals surface area contributed by atoms with E-state index in [4.69, 9.17) is 0 Å². The Hall–Kier alpha value is -2.37. The van der Waals surface area contributed by atoms with E-state index in [0.29, 0.717) is 19.5 Å². The molecule has 116 valence electrons. The summed E-state index contributed by atoms with van der Waals surface area (Å²) in [6.07, 6.45) is 2.29. The lowest BCUT2D eigenvalue weighted by Gasteiger charge is -2.15. The molecule has 1 atom stereocenters. The Labute approximate surface area is 129 Å². The Morgan fingerprint density at radius 2 is 2.00 bits per heavy atom. The van der Waals surface area contributed by atoms with Crippen molar-refractivity contribution in [2.75, 3.05) is 19.6 Å². The van der Waals surface area contributed by atoms with Crippen molar-refractivity contribution in [2.24, 2.45) is 0 Å². The van der Waals surface area contributed by atoms with Gasteiger partial charge in [0.2, 0.25) is 5.91 Å². The fourth-order valence-electron chi connectivity index (χ4n) is 3.02. The van der Waals surface area contributed by atoms with Gasteiger partial charge in [-0.3, -0.25) is 14.5 Å². The van der Waals surface area contributed by atoms with Gasteiger partial charge in [0.05, 0.1) is 0 Å². The van der Waals surface area contributed by atoms with Crippen LogP contribution in [0.25, 0.3) is 0 Å². The summed E-state index contributed by atoms with van der Waals surface area (Å²) in [7, 11) is 0. The predicted molar refractivity (Wildman–Crippen MR) is 80.0 cm³/mol. The molecule has 22 heavy (non-hydrogen) atoms. The molecule has 0 saturated carbocycles. The lowest BCUT2D eigenvalue weighted by molar-refractivity contribution is -0.132. The molecule has 6 heteroatoms. The maximum atomic E-state index is 12.1. The number of carbonyl (C=O) groups is 3. The van der Waals surface area contributed by atoms with Crippen LogP contribution in [0.5, 0.6) is 0 Å². The van der Waals surface area contributed by atoms with Crippen LogP contribution in [0.1, 0.15) is 18.4 Å². The van der Waals surface area contributed by atoms with Gasteiger partial charge in [0.15, 0.2) is 0 Å². The molecule has 0 bridgehead atoms. The molecule has 0 radical (unpaired) electrons. The molecule has 2 aliphatic rings. The number of nitrogens with one attached hydrogen (secondary N) is 1. The van der Waals surface area contributed by atoms with Gasteiger partial charge in [0, 0.05) is 13.1 Å². The lowest BCUT2D eigenvalue weighted by Crippen LogP contribution is -2.42. The Kier molecular flexibility index (Phi) is 4.09. The number of amides is 4. The van der Waals surface area contributed by atoms with Crippen LogP contribution < -0.4 is 5.32 Å². The number of imide groups is 1. The highest BCUT2D eigenvalue weighted by molar-refractivity contribution is 6.06. The van der Waals surface area contributed by atoms with Gasteiger partial charge in [0.1, 0.15) is 12.6 Å². The van der Waals surface area contributed by atoms with Crippen LogP contribution in [0.3, 0.4) is 0 Å². The van der Waals surface area contributed by atoms with Crippen molar-refractivity contribution in [1.29, 1.82) is 0 Å². The maximum Gasteiger partial charge on any atom is 0.327 e. The molecular weight excluding hydrogens is 282 g/mol. The Morgan fingerprint density at radius 1 is 1.23 bits per heavy atom. The summed E-state index contributed by atoms with van der Waals surface area (Å²) in [5.41, 5.74) is 1.14. The largest absolute Gasteiger partial charge is 0.354 e. The monoisotopic (exact) mass is 301 g/mol. The van der Waals surface area contributed by atoms with Crippen molar-refractivity contribution in [3.63, 3.8) is 0 Å². The van der Waals surface area contributed by atoms with Gasteiger partial charge in [-0.25, -0.2) is 4.79 Å². The first-order valence-corrected chi connectivity index (χ1v) is 7.59. The summed E-state index contributed by atoms with van der Waals surface area (Å²) in [5.74, 6) is -0.528. The summed E-state index contributed by atoms with van der Waals surface area (Å²) in [5, 5.41) is 2.76. The summed E-state index contributed by atoms with van der Waals surface area (Å²) < 4.78 is 0. The van der Waals surface area contributed by atoms with Gasteiger partial charge in [0.25, 0.3) is 5.91 Å². The van der Waals surface area contributed by atoms with E-state index in [1.54, 1.807) is 4.90 Å². The molecule has 0 spiro atoms. The molecule has 1 unspecified atom stereocenters. The quantitative estimate of drug-likeness (QED) is 0.817. The topological polar surface area (TPSA) is 69.7 Å². The average Bonchev–Trinajstić information content (AvgIpc) is 3.08. The molecule has 1 aromatic rings. The minimum Gasteiger partial charge on any atom is -0.354 e. The number of fused-ring (bicyclic) bond motifs is 1. The molecule has 0 aliphatic carbocycles. The van der Waals surface area contributed by atoms with Crippen molar-refractivity contribution < 1.29 is 14.4 Å². The molecule has 2 fully saturated rings. The third-order valence-electron chi connectivity index (χ3n) is 4.16. The van der Waals surface area contributed by atoms with Crippen LogP contribution in [-0.4, -0.2) is 53.3 Å². The first-order chi connectivity index (χ1) is 10.7. The smallest absolute Gasteiger partial charge is 0.327 e. The van der Waals surface area contributed by atoms with Crippen LogP contribution in [0.4, 0.5) is 4.79 Å². The number of carbonyl (C=O) groups excluding carboxylic acids is 3. The zero-order chi connectivity index (χ0) is 15.5.